The molecule has 1 aliphatic rings. The third kappa shape index (κ3) is 4.64. The molecule has 0 heterocycles. The summed E-state index contributed by atoms with van der Waals surface area (Å²) in [6.07, 6.45) is 1.85. The Labute approximate surface area is 161 Å². The second-order valence-corrected chi connectivity index (χ2v) is 6.46. The van der Waals surface area contributed by atoms with E-state index in [1.165, 1.54) is 19.2 Å². The fourth-order valence-corrected chi connectivity index (χ4v) is 2.84. The number of rotatable bonds is 8. The molecule has 0 bridgehead atoms. The highest BCUT2D eigenvalue weighted by molar-refractivity contribution is 5.90. The lowest BCUT2D eigenvalue weighted by atomic mass is 10.2. The van der Waals surface area contributed by atoms with Crippen molar-refractivity contribution < 1.29 is 24.0 Å². The monoisotopic (exact) mass is 384 g/mol. The van der Waals surface area contributed by atoms with Gasteiger partial charge in [0.25, 0.3) is 5.91 Å². The molecule has 0 spiro atoms. The first-order valence-electron chi connectivity index (χ1n) is 8.82. The van der Waals surface area contributed by atoms with Gasteiger partial charge in [0.15, 0.2) is 12.4 Å². The van der Waals surface area contributed by atoms with Crippen LogP contribution in [0.15, 0.2) is 48.5 Å². The summed E-state index contributed by atoms with van der Waals surface area (Å²) in [6.45, 7) is 0.104. The summed E-state index contributed by atoms with van der Waals surface area (Å²) in [4.78, 5) is 36.7. The predicted molar refractivity (Wildman–Crippen MR) is 99.9 cm³/mol. The summed E-state index contributed by atoms with van der Waals surface area (Å²) in [5.74, 6) is -1.05. The highest BCUT2D eigenvalue weighted by atomic mass is 16.6. The second-order valence-electron chi connectivity index (χ2n) is 6.46. The minimum Gasteiger partial charge on any atom is -0.477 e. The molecule has 0 aromatic heterocycles. The van der Waals surface area contributed by atoms with Crippen LogP contribution in [0.5, 0.6) is 5.75 Å². The lowest BCUT2D eigenvalue weighted by Gasteiger charge is -2.22. The Hall–Kier alpha value is -3.42. The Morgan fingerprint density at radius 3 is 2.50 bits per heavy atom. The minimum atomic E-state index is -0.644. The second kappa shape index (κ2) is 8.51. The fraction of sp³-hybridized carbons (Fsp3) is 0.300. The Morgan fingerprint density at radius 2 is 1.89 bits per heavy atom. The lowest BCUT2D eigenvalue weighted by Crippen LogP contribution is -2.36. The van der Waals surface area contributed by atoms with Crippen molar-refractivity contribution >= 4 is 17.6 Å². The van der Waals surface area contributed by atoms with Gasteiger partial charge in [0.1, 0.15) is 0 Å². The number of hydrogen-bond donors (Lipinski definition) is 0. The topological polar surface area (TPSA) is 99.0 Å². The predicted octanol–water partition coefficient (Wildman–Crippen LogP) is 2.95. The lowest BCUT2D eigenvalue weighted by molar-refractivity contribution is -0.385. The van der Waals surface area contributed by atoms with E-state index in [1.54, 1.807) is 4.90 Å². The summed E-state index contributed by atoms with van der Waals surface area (Å²) in [5, 5.41) is 11.2. The van der Waals surface area contributed by atoms with Gasteiger partial charge in [-0.15, -0.1) is 0 Å². The van der Waals surface area contributed by atoms with E-state index in [0.29, 0.717) is 6.54 Å². The molecule has 0 saturated heterocycles. The molecule has 1 fully saturated rings. The van der Waals surface area contributed by atoms with Gasteiger partial charge in [0, 0.05) is 24.7 Å². The van der Waals surface area contributed by atoms with E-state index in [4.69, 9.17) is 4.74 Å². The average Bonchev–Trinajstić information content (AvgIpc) is 3.55. The molecular weight excluding hydrogens is 364 g/mol. The average molecular weight is 384 g/mol. The van der Waals surface area contributed by atoms with Crippen molar-refractivity contribution in [1.82, 2.24) is 4.90 Å². The summed E-state index contributed by atoms with van der Waals surface area (Å²) in [6, 6.07) is 13.4. The van der Waals surface area contributed by atoms with Gasteiger partial charge in [-0.3, -0.25) is 14.9 Å². The van der Waals surface area contributed by atoms with Crippen LogP contribution in [0.4, 0.5) is 5.69 Å². The molecule has 1 aliphatic carbocycles. The maximum Gasteiger partial charge on any atom is 0.337 e. The number of methoxy groups -OCH3 is 1. The van der Waals surface area contributed by atoms with Crippen LogP contribution in [0.2, 0.25) is 0 Å². The summed E-state index contributed by atoms with van der Waals surface area (Å²) >= 11 is 0. The molecule has 2 aromatic carbocycles. The zero-order chi connectivity index (χ0) is 20.1. The highest BCUT2D eigenvalue weighted by Crippen LogP contribution is 2.30. The maximum atomic E-state index is 12.7. The smallest absolute Gasteiger partial charge is 0.337 e. The quantitative estimate of drug-likeness (QED) is 0.394. The molecule has 2 aromatic rings. The third-order valence-electron chi connectivity index (χ3n) is 4.43. The molecule has 0 N–H and O–H groups in total. The Balaban J connectivity index is 1.73. The van der Waals surface area contributed by atoms with Gasteiger partial charge >= 0.3 is 11.7 Å². The first-order chi connectivity index (χ1) is 13.5. The van der Waals surface area contributed by atoms with E-state index in [2.05, 4.69) is 4.74 Å². The van der Waals surface area contributed by atoms with Gasteiger partial charge < -0.3 is 14.4 Å². The molecule has 3 rings (SSSR count). The van der Waals surface area contributed by atoms with Gasteiger partial charge in [-0.2, -0.15) is 0 Å². The van der Waals surface area contributed by atoms with Gasteiger partial charge in [-0.05, 0) is 24.5 Å². The van der Waals surface area contributed by atoms with Crippen LogP contribution < -0.4 is 4.74 Å². The number of nitrogens with zero attached hydrogens (tertiary/aromatic N) is 2. The standard InChI is InChI=1S/C20H20N2O6/c1-27-20(24)15-7-10-17(22(25)26)18(11-15)28-13-19(23)21(16-8-9-16)12-14-5-3-2-4-6-14/h2-7,10-11,16H,8-9,12-13H2,1H3. The number of nitro groups is 1. The minimum absolute atomic E-state index is 0.110. The van der Waals surface area contributed by atoms with E-state index in [0.717, 1.165) is 24.5 Å². The van der Waals surface area contributed by atoms with Crippen molar-refractivity contribution in [2.75, 3.05) is 13.7 Å². The molecule has 1 saturated carbocycles. The number of hydrogen-bond acceptors (Lipinski definition) is 6. The Bertz CT molecular complexity index is 880. The van der Waals surface area contributed by atoms with E-state index in [-0.39, 0.29) is 35.6 Å². The first kappa shape index (κ1) is 19.3. The fourth-order valence-electron chi connectivity index (χ4n) is 2.84. The highest BCUT2D eigenvalue weighted by Gasteiger charge is 2.33. The number of esters is 1. The normalized spacial score (nSPS) is 12.9. The molecule has 0 unspecified atom stereocenters. The molecule has 0 radical (unpaired) electrons. The number of benzene rings is 2. The van der Waals surface area contributed by atoms with Crippen molar-refractivity contribution in [1.29, 1.82) is 0 Å². The molecule has 28 heavy (non-hydrogen) atoms. The molecule has 0 aliphatic heterocycles. The van der Waals surface area contributed by atoms with Crippen LogP contribution in [0.25, 0.3) is 0 Å². The van der Waals surface area contributed by atoms with Crippen LogP contribution >= 0.6 is 0 Å². The zero-order valence-electron chi connectivity index (χ0n) is 15.4. The number of amides is 1. The number of ether oxygens (including phenoxy) is 2. The SMILES string of the molecule is COC(=O)c1ccc([N+](=O)[O-])c(OCC(=O)N(Cc2ccccc2)C2CC2)c1. The van der Waals surface area contributed by atoms with E-state index in [1.807, 2.05) is 30.3 Å². The van der Waals surface area contributed by atoms with E-state index >= 15 is 0 Å². The third-order valence-corrected chi connectivity index (χ3v) is 4.43. The van der Waals surface area contributed by atoms with Crippen LogP contribution in [0, 0.1) is 10.1 Å². The van der Waals surface area contributed by atoms with E-state index in [9.17, 15) is 19.7 Å². The maximum absolute atomic E-state index is 12.7. The number of nitro benzene ring substituents is 1. The van der Waals surface area contributed by atoms with Crippen molar-refractivity contribution in [2.24, 2.45) is 0 Å². The molecular formula is C20H20N2O6. The number of carbonyl (C=O) groups is 2. The molecule has 8 heteroatoms. The summed E-state index contributed by atoms with van der Waals surface area (Å²) < 4.78 is 10.1. The largest absolute Gasteiger partial charge is 0.477 e. The van der Waals surface area contributed by atoms with Gasteiger partial charge in [0.05, 0.1) is 17.6 Å². The van der Waals surface area contributed by atoms with Crippen molar-refractivity contribution in [3.05, 3.63) is 69.8 Å². The van der Waals surface area contributed by atoms with Gasteiger partial charge in [0.2, 0.25) is 0 Å². The summed E-state index contributed by atoms with van der Waals surface area (Å²) in [7, 11) is 1.21. The molecule has 8 nitrogen and oxygen atoms in total. The summed E-state index contributed by atoms with van der Waals surface area (Å²) in [5.41, 5.74) is 0.793. The van der Waals surface area contributed by atoms with Crippen LogP contribution in [-0.4, -0.2) is 41.5 Å². The number of carbonyl (C=O) groups excluding carboxylic acids is 2. The molecule has 1 amide bonds. The van der Waals surface area contributed by atoms with Crippen molar-refractivity contribution in [2.45, 2.75) is 25.4 Å². The van der Waals surface area contributed by atoms with Gasteiger partial charge in [-0.1, -0.05) is 30.3 Å². The zero-order valence-corrected chi connectivity index (χ0v) is 15.4. The molecule has 0 atom stereocenters. The van der Waals surface area contributed by atoms with Crippen molar-refractivity contribution in [3.8, 4) is 5.75 Å². The van der Waals surface area contributed by atoms with Crippen molar-refractivity contribution in [3.63, 3.8) is 0 Å². The van der Waals surface area contributed by atoms with Crippen LogP contribution in [0.3, 0.4) is 0 Å². The van der Waals surface area contributed by atoms with Crippen LogP contribution in [0.1, 0.15) is 28.8 Å². The first-order valence-corrected chi connectivity index (χ1v) is 8.82. The Kier molecular flexibility index (Phi) is 5.88. The van der Waals surface area contributed by atoms with E-state index < -0.39 is 10.9 Å². The molecule has 146 valence electrons. The van der Waals surface area contributed by atoms with Crippen LogP contribution in [-0.2, 0) is 16.1 Å². The Morgan fingerprint density at radius 1 is 1.18 bits per heavy atom. The van der Waals surface area contributed by atoms with Gasteiger partial charge in [-0.25, -0.2) is 4.79 Å².